The fourth-order valence-corrected chi connectivity index (χ4v) is 8.86. The van der Waals surface area contributed by atoms with Crippen molar-refractivity contribution in [1.82, 2.24) is 23.7 Å². The molecule has 0 saturated heterocycles. The van der Waals surface area contributed by atoms with Gasteiger partial charge >= 0.3 is 0 Å². The van der Waals surface area contributed by atoms with E-state index in [0.717, 1.165) is 55.8 Å². The second-order valence-electron chi connectivity index (χ2n) is 14.7. The molecule has 4 heterocycles. The van der Waals surface area contributed by atoms with Gasteiger partial charge in [0.2, 0.25) is 0 Å². The van der Waals surface area contributed by atoms with Crippen LogP contribution in [-0.2, 0) is 0 Å². The lowest BCUT2D eigenvalue weighted by molar-refractivity contribution is 1.13. The van der Waals surface area contributed by atoms with Gasteiger partial charge in [-0.25, -0.2) is 9.97 Å². The number of rotatable bonds is 5. The van der Waals surface area contributed by atoms with E-state index >= 15 is 0 Å². The van der Waals surface area contributed by atoms with Crippen LogP contribution in [0.1, 0.15) is 0 Å². The average Bonchev–Trinajstić information content (AvgIpc) is 3.94. The summed E-state index contributed by atoms with van der Waals surface area (Å²) in [6.45, 7) is 0. The van der Waals surface area contributed by atoms with Crippen LogP contribution < -0.4 is 0 Å². The molecule has 0 unspecified atom stereocenters. The Morgan fingerprint density at radius 2 is 0.895 bits per heavy atom. The monoisotopic (exact) mass is 727 g/mol. The van der Waals surface area contributed by atoms with Crippen LogP contribution in [0.5, 0.6) is 0 Å². The fourth-order valence-electron chi connectivity index (χ4n) is 8.86. The summed E-state index contributed by atoms with van der Waals surface area (Å²) in [6.07, 6.45) is 2.18. The molecule has 12 aromatic rings. The maximum atomic E-state index is 5.24. The predicted molar refractivity (Wildman–Crippen MR) is 236 cm³/mol. The largest absolute Gasteiger partial charge is 0.317 e. The summed E-state index contributed by atoms with van der Waals surface area (Å²) in [5.74, 6) is 0.700. The number of para-hydroxylation sites is 4. The molecule has 0 atom stereocenters. The molecule has 0 spiro atoms. The van der Waals surface area contributed by atoms with Gasteiger partial charge in [-0.2, -0.15) is 0 Å². The Balaban J connectivity index is 1.15. The molecule has 0 bridgehead atoms. The van der Waals surface area contributed by atoms with Crippen molar-refractivity contribution in [3.63, 3.8) is 0 Å². The SMILES string of the molecule is c1ccc(-c2nc(-c3cccc(-n4c5cc6ccn(-c7ccccc7)c6cc5c5cc6c(cc54)c4ccccc4n6-c4ccccc4)c3)nc3ccccc23)cc1. The molecule has 5 heteroatoms. The van der Waals surface area contributed by atoms with Gasteiger partial charge in [-0.15, -0.1) is 0 Å². The number of nitrogens with zero attached hydrogens (tertiary/aromatic N) is 5. The molecule has 57 heavy (non-hydrogen) atoms. The first kappa shape index (κ1) is 31.6. The summed E-state index contributed by atoms with van der Waals surface area (Å²) < 4.78 is 7.13. The lowest BCUT2D eigenvalue weighted by Crippen LogP contribution is -1.98. The average molecular weight is 728 g/mol. The molecule has 0 aliphatic carbocycles. The number of hydrogen-bond donors (Lipinski definition) is 0. The highest BCUT2D eigenvalue weighted by atomic mass is 15.0. The highest BCUT2D eigenvalue weighted by Crippen LogP contribution is 2.41. The lowest BCUT2D eigenvalue weighted by atomic mass is 10.1. The molecule has 266 valence electrons. The Kier molecular flexibility index (Phi) is 6.86. The summed E-state index contributed by atoms with van der Waals surface area (Å²) >= 11 is 0. The summed E-state index contributed by atoms with van der Waals surface area (Å²) in [5, 5.41) is 7.04. The van der Waals surface area contributed by atoms with E-state index in [4.69, 9.17) is 9.97 Å². The lowest BCUT2D eigenvalue weighted by Gasteiger charge is -2.12. The predicted octanol–water partition coefficient (Wildman–Crippen LogP) is 13.1. The third-order valence-electron chi connectivity index (χ3n) is 11.4. The van der Waals surface area contributed by atoms with Gasteiger partial charge in [-0.05, 0) is 78.9 Å². The maximum Gasteiger partial charge on any atom is 0.160 e. The van der Waals surface area contributed by atoms with Crippen molar-refractivity contribution in [2.45, 2.75) is 0 Å². The normalized spacial score (nSPS) is 11.9. The first-order valence-electron chi connectivity index (χ1n) is 19.3. The second-order valence-corrected chi connectivity index (χ2v) is 14.7. The molecule has 0 radical (unpaired) electrons. The van der Waals surface area contributed by atoms with Crippen LogP contribution in [0.4, 0.5) is 0 Å². The van der Waals surface area contributed by atoms with Crippen molar-refractivity contribution in [2.24, 2.45) is 0 Å². The topological polar surface area (TPSA) is 40.6 Å². The van der Waals surface area contributed by atoms with Gasteiger partial charge < -0.3 is 13.7 Å². The van der Waals surface area contributed by atoms with Gasteiger partial charge in [0.15, 0.2) is 5.82 Å². The van der Waals surface area contributed by atoms with Crippen LogP contribution in [0, 0.1) is 0 Å². The summed E-state index contributed by atoms with van der Waals surface area (Å²) in [5.41, 5.74) is 13.1. The van der Waals surface area contributed by atoms with Gasteiger partial charge in [0.25, 0.3) is 0 Å². The molecule has 8 aromatic carbocycles. The van der Waals surface area contributed by atoms with Gasteiger partial charge in [0.1, 0.15) is 0 Å². The Morgan fingerprint density at radius 1 is 0.333 bits per heavy atom. The summed E-state index contributed by atoms with van der Waals surface area (Å²) in [6, 6.07) is 69.2. The van der Waals surface area contributed by atoms with Crippen LogP contribution in [0.15, 0.2) is 200 Å². The van der Waals surface area contributed by atoms with Gasteiger partial charge in [0.05, 0.1) is 38.8 Å². The highest BCUT2D eigenvalue weighted by molar-refractivity contribution is 6.20. The van der Waals surface area contributed by atoms with E-state index in [-0.39, 0.29) is 0 Å². The summed E-state index contributed by atoms with van der Waals surface area (Å²) in [4.78, 5) is 10.4. The van der Waals surface area contributed by atoms with Crippen LogP contribution >= 0.6 is 0 Å². The molecular weight excluding hydrogens is 695 g/mol. The van der Waals surface area contributed by atoms with Crippen molar-refractivity contribution >= 4 is 65.4 Å². The zero-order valence-corrected chi connectivity index (χ0v) is 30.8. The van der Waals surface area contributed by atoms with E-state index in [1.807, 2.05) is 12.1 Å². The molecule has 5 nitrogen and oxygen atoms in total. The van der Waals surface area contributed by atoms with Gasteiger partial charge in [-0.1, -0.05) is 115 Å². The van der Waals surface area contributed by atoms with Crippen LogP contribution in [0.25, 0.3) is 105 Å². The maximum absolute atomic E-state index is 5.24. The van der Waals surface area contributed by atoms with E-state index in [1.165, 1.54) is 43.5 Å². The first-order valence-corrected chi connectivity index (χ1v) is 19.3. The Morgan fingerprint density at radius 3 is 1.67 bits per heavy atom. The Bertz CT molecular complexity index is 3500. The quantitative estimate of drug-likeness (QED) is 0.177. The minimum absolute atomic E-state index is 0.700. The molecule has 12 rings (SSSR count). The molecule has 0 N–H and O–H groups in total. The fraction of sp³-hybridized carbons (Fsp3) is 0. The van der Waals surface area contributed by atoms with E-state index in [0.29, 0.717) is 5.82 Å². The van der Waals surface area contributed by atoms with E-state index < -0.39 is 0 Å². The second kappa shape index (κ2) is 12.4. The molecule has 0 amide bonds. The highest BCUT2D eigenvalue weighted by Gasteiger charge is 2.21. The van der Waals surface area contributed by atoms with Crippen LogP contribution in [0.2, 0.25) is 0 Å². The Labute approximate surface area is 328 Å². The first-order chi connectivity index (χ1) is 28.3. The van der Waals surface area contributed by atoms with Crippen molar-refractivity contribution in [3.05, 3.63) is 200 Å². The smallest absolute Gasteiger partial charge is 0.160 e. The summed E-state index contributed by atoms with van der Waals surface area (Å²) in [7, 11) is 0. The van der Waals surface area contributed by atoms with Crippen molar-refractivity contribution in [1.29, 1.82) is 0 Å². The third-order valence-corrected chi connectivity index (χ3v) is 11.4. The number of benzene rings is 8. The minimum Gasteiger partial charge on any atom is -0.317 e. The third kappa shape index (κ3) is 4.89. The minimum atomic E-state index is 0.700. The molecule has 0 fully saturated rings. The molecule has 0 aliphatic rings. The van der Waals surface area contributed by atoms with Crippen molar-refractivity contribution < 1.29 is 0 Å². The number of hydrogen-bond acceptors (Lipinski definition) is 2. The zero-order chi connectivity index (χ0) is 37.5. The number of fused-ring (bicyclic) bond motifs is 8. The van der Waals surface area contributed by atoms with Crippen LogP contribution in [0.3, 0.4) is 0 Å². The Hall–Kier alpha value is -7.76. The van der Waals surface area contributed by atoms with Crippen molar-refractivity contribution in [3.8, 4) is 39.7 Å². The van der Waals surface area contributed by atoms with Crippen molar-refractivity contribution in [2.75, 3.05) is 0 Å². The van der Waals surface area contributed by atoms with Crippen LogP contribution in [-0.4, -0.2) is 23.7 Å². The molecular formula is C52H33N5. The molecule has 0 aliphatic heterocycles. The van der Waals surface area contributed by atoms with E-state index in [1.54, 1.807) is 0 Å². The standard InChI is InChI=1S/C52H33N5/c1-4-15-34(16-5-1)51-41-24-10-12-25-45(41)53-52(54-51)36-17-14-22-39(29-36)57-48-30-35-27-28-55(37-18-6-2-7-19-37)47(35)31-43(48)44-33-49-42(32-50(44)57)40-23-11-13-26-46(40)56(49)38-20-8-3-9-21-38/h1-33H. The van der Waals surface area contributed by atoms with E-state index in [9.17, 15) is 0 Å². The zero-order valence-electron chi connectivity index (χ0n) is 30.8. The van der Waals surface area contributed by atoms with Gasteiger partial charge in [0, 0.05) is 66.7 Å². The molecule has 0 saturated carbocycles. The molecule has 4 aromatic heterocycles. The van der Waals surface area contributed by atoms with E-state index in [2.05, 4.69) is 202 Å². The van der Waals surface area contributed by atoms with Gasteiger partial charge in [-0.3, -0.25) is 0 Å². The number of aromatic nitrogens is 5.